The Bertz CT molecular complexity index is 337. The fraction of sp³-hybridized carbons (Fsp3) is 0.833. The minimum atomic E-state index is -0.702. The highest BCUT2D eigenvalue weighted by Crippen LogP contribution is 2.62. The number of fused-ring (bicyclic) bond motifs is 2. The maximum atomic E-state index is 12.3. The molecule has 2 rings (SSSR count). The summed E-state index contributed by atoms with van der Waals surface area (Å²) >= 11 is 0. The van der Waals surface area contributed by atoms with Crippen LogP contribution >= 0.6 is 21.6 Å². The molecule has 0 aromatic heterocycles. The molecule has 0 aromatic carbocycles. The van der Waals surface area contributed by atoms with Crippen LogP contribution in [0.1, 0.15) is 41.5 Å². The van der Waals surface area contributed by atoms with Crippen LogP contribution in [-0.4, -0.2) is 13.4 Å². The fourth-order valence-electron chi connectivity index (χ4n) is 2.39. The van der Waals surface area contributed by atoms with Crippen LogP contribution in [0.5, 0.6) is 0 Å². The van der Waals surface area contributed by atoms with Crippen molar-refractivity contribution in [3.8, 4) is 0 Å². The van der Waals surface area contributed by atoms with E-state index in [1.54, 1.807) is 0 Å². The van der Waals surface area contributed by atoms with Crippen molar-refractivity contribution in [3.05, 3.63) is 11.1 Å². The molecule has 0 N–H and O–H groups in total. The summed E-state index contributed by atoms with van der Waals surface area (Å²) in [6.07, 6.45) is 0. The molecule has 1 fully saturated rings. The van der Waals surface area contributed by atoms with E-state index in [2.05, 4.69) is 41.5 Å². The lowest BCUT2D eigenvalue weighted by Crippen LogP contribution is -2.24. The summed E-state index contributed by atoms with van der Waals surface area (Å²) in [5.41, 5.74) is 3.19. The first-order chi connectivity index (χ1) is 7.14. The quantitative estimate of drug-likeness (QED) is 0.488. The zero-order valence-electron chi connectivity index (χ0n) is 10.8. The van der Waals surface area contributed by atoms with Crippen molar-refractivity contribution < 1.29 is 4.21 Å². The van der Waals surface area contributed by atoms with Gasteiger partial charge in [0.15, 0.2) is 0 Å². The number of hydrogen-bond donors (Lipinski definition) is 0. The van der Waals surface area contributed by atoms with Crippen LogP contribution in [0.2, 0.25) is 0 Å². The molecule has 2 heterocycles. The summed E-state index contributed by atoms with van der Waals surface area (Å²) in [7, 11) is 2.92. The molecule has 2 bridgehead atoms. The predicted octanol–water partition coefficient (Wildman–Crippen LogP) is 4.18. The maximum absolute atomic E-state index is 12.3. The van der Waals surface area contributed by atoms with E-state index in [1.807, 2.05) is 21.6 Å². The van der Waals surface area contributed by atoms with Crippen molar-refractivity contribution in [3.63, 3.8) is 0 Å². The molecule has 2 aliphatic rings. The molecule has 0 radical (unpaired) electrons. The Kier molecular flexibility index (Phi) is 3.09. The van der Waals surface area contributed by atoms with Crippen LogP contribution in [-0.2, 0) is 10.8 Å². The van der Waals surface area contributed by atoms with Gasteiger partial charge in [-0.15, -0.1) is 0 Å². The Morgan fingerprint density at radius 3 is 1.44 bits per heavy atom. The van der Waals surface area contributed by atoms with Gasteiger partial charge in [-0.2, -0.15) is 0 Å². The van der Waals surface area contributed by atoms with Crippen molar-refractivity contribution in [2.45, 2.75) is 50.7 Å². The second-order valence-corrected chi connectivity index (χ2v) is 11.2. The molecule has 4 heteroatoms. The summed E-state index contributed by atoms with van der Waals surface area (Å²) in [5, 5.41) is 0. The molecule has 0 amide bonds. The highest BCUT2D eigenvalue weighted by molar-refractivity contribution is 8.82. The van der Waals surface area contributed by atoms with Crippen molar-refractivity contribution in [1.82, 2.24) is 0 Å². The molecule has 16 heavy (non-hydrogen) atoms. The molecule has 0 aliphatic carbocycles. The largest absolute Gasteiger partial charge is 0.257 e. The highest BCUT2D eigenvalue weighted by atomic mass is 33.1. The first kappa shape index (κ1) is 13.0. The minimum Gasteiger partial charge on any atom is -0.257 e. The van der Waals surface area contributed by atoms with Crippen molar-refractivity contribution in [1.29, 1.82) is 0 Å². The lowest BCUT2D eigenvalue weighted by molar-refractivity contribution is 0.447. The summed E-state index contributed by atoms with van der Waals surface area (Å²) in [4.78, 5) is 0. The summed E-state index contributed by atoms with van der Waals surface area (Å²) in [5.74, 6) is 0. The maximum Gasteiger partial charge on any atom is 0.114 e. The molecule has 1 nitrogen and oxygen atoms in total. The Balaban J connectivity index is 2.58. The molecular weight excluding hydrogens is 256 g/mol. The van der Waals surface area contributed by atoms with Gasteiger partial charge >= 0.3 is 0 Å². The number of rotatable bonds is 0. The van der Waals surface area contributed by atoms with Crippen molar-refractivity contribution >= 4 is 32.4 Å². The van der Waals surface area contributed by atoms with Gasteiger partial charge in [0.1, 0.15) is 9.16 Å². The standard InChI is InChI=1S/C12H20OS3/c1-11(2,3)7-8(12(4,5)6)10-15-14-9(7)16(10)13/h9-10H,1-6H3. The van der Waals surface area contributed by atoms with E-state index in [-0.39, 0.29) is 20.0 Å². The molecule has 0 spiro atoms. The summed E-state index contributed by atoms with van der Waals surface area (Å²) in [6, 6.07) is 0. The Hall–Kier alpha value is 0.590. The van der Waals surface area contributed by atoms with Gasteiger partial charge in [-0.1, -0.05) is 63.1 Å². The lowest BCUT2D eigenvalue weighted by atomic mass is 9.76. The molecular formula is C12H20OS3. The van der Waals surface area contributed by atoms with Gasteiger partial charge in [-0.3, -0.25) is 4.21 Å². The van der Waals surface area contributed by atoms with E-state index in [4.69, 9.17) is 0 Å². The van der Waals surface area contributed by atoms with Gasteiger partial charge in [-0.25, -0.2) is 0 Å². The van der Waals surface area contributed by atoms with Gasteiger partial charge < -0.3 is 0 Å². The van der Waals surface area contributed by atoms with E-state index < -0.39 is 10.8 Å². The van der Waals surface area contributed by atoms with E-state index in [1.165, 1.54) is 11.1 Å². The third-order valence-corrected chi connectivity index (χ3v) is 9.21. The molecule has 0 saturated carbocycles. The van der Waals surface area contributed by atoms with E-state index in [0.717, 1.165) is 0 Å². The lowest BCUT2D eigenvalue weighted by Gasteiger charge is -2.34. The van der Waals surface area contributed by atoms with Crippen LogP contribution in [0.4, 0.5) is 0 Å². The van der Waals surface area contributed by atoms with Gasteiger partial charge in [0.25, 0.3) is 0 Å². The van der Waals surface area contributed by atoms with E-state index in [0.29, 0.717) is 0 Å². The molecule has 2 aliphatic heterocycles. The van der Waals surface area contributed by atoms with Crippen LogP contribution in [0, 0.1) is 10.8 Å². The van der Waals surface area contributed by atoms with Crippen molar-refractivity contribution in [2.24, 2.45) is 10.8 Å². The zero-order chi connectivity index (χ0) is 12.3. The summed E-state index contributed by atoms with van der Waals surface area (Å²) < 4.78 is 12.8. The van der Waals surface area contributed by atoms with Gasteiger partial charge in [0.2, 0.25) is 0 Å². The molecule has 2 atom stereocenters. The first-order valence-electron chi connectivity index (χ1n) is 5.60. The van der Waals surface area contributed by atoms with Crippen LogP contribution in [0.25, 0.3) is 0 Å². The van der Waals surface area contributed by atoms with Gasteiger partial charge in [0, 0.05) is 0 Å². The van der Waals surface area contributed by atoms with Crippen LogP contribution < -0.4 is 0 Å². The van der Waals surface area contributed by atoms with Crippen LogP contribution in [0.3, 0.4) is 0 Å². The topological polar surface area (TPSA) is 17.1 Å². The second kappa shape index (κ2) is 3.79. The summed E-state index contributed by atoms with van der Waals surface area (Å²) in [6.45, 7) is 13.5. The number of hydrogen-bond acceptors (Lipinski definition) is 3. The predicted molar refractivity (Wildman–Crippen MR) is 76.8 cm³/mol. The Morgan fingerprint density at radius 2 is 1.19 bits per heavy atom. The van der Waals surface area contributed by atoms with Crippen LogP contribution in [0.15, 0.2) is 11.1 Å². The van der Waals surface area contributed by atoms with Crippen molar-refractivity contribution in [2.75, 3.05) is 0 Å². The third kappa shape index (κ3) is 1.91. The molecule has 1 saturated heterocycles. The Morgan fingerprint density at radius 1 is 0.875 bits per heavy atom. The third-order valence-electron chi connectivity index (χ3n) is 3.03. The highest BCUT2D eigenvalue weighted by Gasteiger charge is 2.53. The molecule has 92 valence electrons. The SMILES string of the molecule is CC(C)(C)C1=C(C(C)(C)C)C2SSC1S2=O. The monoisotopic (exact) mass is 276 g/mol. The van der Waals surface area contributed by atoms with E-state index in [9.17, 15) is 4.21 Å². The molecule has 2 unspecified atom stereocenters. The normalized spacial score (nSPS) is 35.0. The average molecular weight is 276 g/mol. The average Bonchev–Trinajstić information content (AvgIpc) is 2.56. The first-order valence-corrected chi connectivity index (χ1v) is 9.16. The molecule has 0 aromatic rings. The van der Waals surface area contributed by atoms with E-state index >= 15 is 0 Å². The second-order valence-electron chi connectivity index (χ2n) is 6.51. The van der Waals surface area contributed by atoms with Gasteiger partial charge in [0.05, 0.1) is 10.8 Å². The fourth-order valence-corrected chi connectivity index (χ4v) is 10.3. The zero-order valence-corrected chi connectivity index (χ0v) is 13.2. The Labute approximate surface area is 109 Å². The smallest absolute Gasteiger partial charge is 0.114 e. The minimum absolute atomic E-state index is 0.145. The van der Waals surface area contributed by atoms with Gasteiger partial charge in [-0.05, 0) is 22.0 Å².